The van der Waals surface area contributed by atoms with Crippen LogP contribution in [0.3, 0.4) is 0 Å². The Hall–Kier alpha value is -1.96. The number of carbonyl (C=O) groups excluding carboxylic acids is 2. The number of hydrogen-bond acceptors (Lipinski definition) is 5. The van der Waals surface area contributed by atoms with Crippen LogP contribution in [0.1, 0.15) is 0 Å². The fraction of sp³-hybridized carbons (Fsp3) is 0.429. The van der Waals surface area contributed by atoms with Crippen molar-refractivity contribution in [2.75, 3.05) is 51.3 Å². The molecule has 7 heteroatoms. The lowest BCUT2D eigenvalue weighted by molar-refractivity contribution is -0.121. The van der Waals surface area contributed by atoms with Crippen LogP contribution in [-0.4, -0.2) is 52.5 Å². The topological polar surface area (TPSA) is 85.9 Å². The van der Waals surface area contributed by atoms with Crippen molar-refractivity contribution in [2.24, 2.45) is 0 Å². The Labute approximate surface area is 123 Å². The first-order valence-corrected chi connectivity index (χ1v) is 6.41. The summed E-state index contributed by atoms with van der Waals surface area (Å²) < 4.78 is 14.6. The molecule has 1 aromatic rings. The number of hydrogen-bond donors (Lipinski definition) is 2. The van der Waals surface area contributed by atoms with Gasteiger partial charge in [-0.15, -0.1) is 0 Å². The van der Waals surface area contributed by atoms with Gasteiger partial charge < -0.3 is 24.8 Å². The Morgan fingerprint density at radius 1 is 0.952 bits per heavy atom. The number of benzene rings is 1. The highest BCUT2D eigenvalue weighted by atomic mass is 16.5. The van der Waals surface area contributed by atoms with Crippen molar-refractivity contribution in [3.63, 3.8) is 0 Å². The van der Waals surface area contributed by atoms with Gasteiger partial charge in [-0.2, -0.15) is 0 Å². The first kappa shape index (κ1) is 17.1. The Kier molecular flexibility index (Phi) is 8.03. The molecule has 0 aromatic heterocycles. The summed E-state index contributed by atoms with van der Waals surface area (Å²) in [7, 11) is 3.01. The van der Waals surface area contributed by atoms with Gasteiger partial charge >= 0.3 is 0 Å². The zero-order valence-electron chi connectivity index (χ0n) is 12.2. The molecule has 2 amide bonds. The predicted octanol–water partition coefficient (Wildman–Crippen LogP) is 0.873. The molecule has 2 N–H and O–H groups in total. The van der Waals surface area contributed by atoms with Crippen molar-refractivity contribution in [2.45, 2.75) is 0 Å². The van der Waals surface area contributed by atoms with E-state index in [-0.39, 0.29) is 25.0 Å². The van der Waals surface area contributed by atoms with E-state index in [4.69, 9.17) is 14.2 Å². The van der Waals surface area contributed by atoms with Gasteiger partial charge in [0.15, 0.2) is 0 Å². The number of rotatable bonds is 9. The zero-order valence-corrected chi connectivity index (χ0v) is 12.2. The summed E-state index contributed by atoms with van der Waals surface area (Å²) in [4.78, 5) is 23.0. The molecule has 1 aromatic carbocycles. The Bertz CT molecular complexity index is 464. The second kappa shape index (κ2) is 9.87. The summed E-state index contributed by atoms with van der Waals surface area (Å²) in [6.07, 6.45) is 0. The van der Waals surface area contributed by atoms with Crippen molar-refractivity contribution < 1.29 is 23.8 Å². The van der Waals surface area contributed by atoms with Crippen LogP contribution in [0.25, 0.3) is 0 Å². The fourth-order valence-electron chi connectivity index (χ4n) is 1.51. The van der Waals surface area contributed by atoms with Crippen molar-refractivity contribution in [3.05, 3.63) is 24.3 Å². The summed E-state index contributed by atoms with van der Waals surface area (Å²) in [6.45, 7) is 0.721. The fourth-order valence-corrected chi connectivity index (χ4v) is 1.51. The van der Waals surface area contributed by atoms with E-state index in [9.17, 15) is 9.59 Å². The average Bonchev–Trinajstić information content (AvgIpc) is 2.44. The molecule has 0 aliphatic heterocycles. The number of ether oxygens (including phenoxy) is 3. The Balaban J connectivity index is 2.44. The molecular weight excluding hydrogens is 276 g/mol. The number of anilines is 2. The quantitative estimate of drug-likeness (QED) is 0.660. The summed E-state index contributed by atoms with van der Waals surface area (Å²) >= 11 is 0. The first-order valence-electron chi connectivity index (χ1n) is 6.41. The van der Waals surface area contributed by atoms with E-state index in [1.807, 2.05) is 0 Å². The van der Waals surface area contributed by atoms with E-state index in [2.05, 4.69) is 10.6 Å². The Morgan fingerprint density at radius 2 is 1.57 bits per heavy atom. The van der Waals surface area contributed by atoms with Gasteiger partial charge in [0.2, 0.25) is 11.8 Å². The van der Waals surface area contributed by atoms with Crippen LogP contribution in [0.15, 0.2) is 24.3 Å². The maximum atomic E-state index is 11.6. The standard InChI is InChI=1S/C14H20N2O5/c1-19-6-7-21-10-14(18)16-12-5-3-4-11(8-12)15-13(17)9-20-2/h3-5,8H,6-7,9-10H2,1-2H3,(H,15,17)(H,16,18). The van der Waals surface area contributed by atoms with Gasteiger partial charge in [-0.25, -0.2) is 0 Å². The Morgan fingerprint density at radius 3 is 2.14 bits per heavy atom. The maximum absolute atomic E-state index is 11.6. The molecule has 21 heavy (non-hydrogen) atoms. The predicted molar refractivity (Wildman–Crippen MR) is 78.3 cm³/mol. The van der Waals surface area contributed by atoms with E-state index in [0.29, 0.717) is 24.6 Å². The molecule has 0 fully saturated rings. The maximum Gasteiger partial charge on any atom is 0.250 e. The highest BCUT2D eigenvalue weighted by Gasteiger charge is 2.05. The van der Waals surface area contributed by atoms with Crippen LogP contribution >= 0.6 is 0 Å². The van der Waals surface area contributed by atoms with Crippen LogP contribution in [0, 0.1) is 0 Å². The highest BCUT2D eigenvalue weighted by Crippen LogP contribution is 2.14. The zero-order chi connectivity index (χ0) is 15.5. The molecule has 0 saturated heterocycles. The molecule has 0 saturated carbocycles. The third-order valence-electron chi connectivity index (χ3n) is 2.37. The smallest absolute Gasteiger partial charge is 0.250 e. The third kappa shape index (κ3) is 7.40. The summed E-state index contributed by atoms with van der Waals surface area (Å²) in [6, 6.07) is 6.82. The van der Waals surface area contributed by atoms with Crippen molar-refractivity contribution in [3.8, 4) is 0 Å². The van der Waals surface area contributed by atoms with Crippen molar-refractivity contribution in [1.82, 2.24) is 0 Å². The third-order valence-corrected chi connectivity index (χ3v) is 2.37. The minimum atomic E-state index is -0.272. The number of carbonyl (C=O) groups is 2. The van der Waals surface area contributed by atoms with Gasteiger partial charge in [-0.1, -0.05) is 6.07 Å². The molecule has 116 valence electrons. The molecule has 0 heterocycles. The molecule has 7 nitrogen and oxygen atoms in total. The summed E-state index contributed by atoms with van der Waals surface area (Å²) in [5, 5.41) is 5.33. The van der Waals surface area contributed by atoms with E-state index in [1.165, 1.54) is 7.11 Å². The van der Waals surface area contributed by atoms with E-state index in [0.717, 1.165) is 0 Å². The number of amides is 2. The minimum absolute atomic E-state index is 0.0239. The number of nitrogens with one attached hydrogen (secondary N) is 2. The van der Waals surface area contributed by atoms with Crippen LogP contribution in [-0.2, 0) is 23.8 Å². The van der Waals surface area contributed by atoms with Crippen LogP contribution < -0.4 is 10.6 Å². The second-order valence-corrected chi connectivity index (χ2v) is 4.16. The molecule has 0 radical (unpaired) electrons. The van der Waals surface area contributed by atoms with Crippen LogP contribution in [0.4, 0.5) is 11.4 Å². The van der Waals surface area contributed by atoms with Crippen LogP contribution in [0.2, 0.25) is 0 Å². The summed E-state index contributed by atoms with van der Waals surface area (Å²) in [5.74, 6) is -0.532. The minimum Gasteiger partial charge on any atom is -0.382 e. The van der Waals surface area contributed by atoms with Gasteiger partial charge in [0, 0.05) is 25.6 Å². The number of methoxy groups -OCH3 is 2. The first-order chi connectivity index (χ1) is 10.2. The molecule has 0 bridgehead atoms. The van der Waals surface area contributed by atoms with Crippen molar-refractivity contribution >= 4 is 23.2 Å². The van der Waals surface area contributed by atoms with Gasteiger partial charge in [0.1, 0.15) is 13.2 Å². The lowest BCUT2D eigenvalue weighted by atomic mass is 10.2. The van der Waals surface area contributed by atoms with Crippen LogP contribution in [0.5, 0.6) is 0 Å². The van der Waals surface area contributed by atoms with E-state index >= 15 is 0 Å². The van der Waals surface area contributed by atoms with E-state index < -0.39 is 0 Å². The SMILES string of the molecule is COCCOCC(=O)Nc1cccc(NC(=O)COC)c1. The van der Waals surface area contributed by atoms with Gasteiger partial charge in [-0.05, 0) is 18.2 Å². The molecule has 0 atom stereocenters. The molecule has 0 aliphatic carbocycles. The molecular formula is C14H20N2O5. The van der Waals surface area contributed by atoms with Gasteiger partial charge in [0.25, 0.3) is 0 Å². The lowest BCUT2D eigenvalue weighted by Crippen LogP contribution is -2.20. The molecule has 0 unspecified atom stereocenters. The average molecular weight is 296 g/mol. The largest absolute Gasteiger partial charge is 0.382 e. The lowest BCUT2D eigenvalue weighted by Gasteiger charge is -2.09. The van der Waals surface area contributed by atoms with Crippen molar-refractivity contribution in [1.29, 1.82) is 0 Å². The van der Waals surface area contributed by atoms with Gasteiger partial charge in [-0.3, -0.25) is 9.59 Å². The van der Waals surface area contributed by atoms with Gasteiger partial charge in [0.05, 0.1) is 13.2 Å². The second-order valence-electron chi connectivity index (χ2n) is 4.16. The molecule has 0 spiro atoms. The molecule has 1 rings (SSSR count). The highest BCUT2D eigenvalue weighted by molar-refractivity contribution is 5.94. The monoisotopic (exact) mass is 296 g/mol. The normalized spacial score (nSPS) is 10.2. The summed E-state index contributed by atoms with van der Waals surface area (Å²) in [5.41, 5.74) is 1.15. The molecule has 0 aliphatic rings. The van der Waals surface area contributed by atoms with E-state index in [1.54, 1.807) is 31.4 Å².